The molecular weight excluding hydrogens is 160 g/mol. The summed E-state index contributed by atoms with van der Waals surface area (Å²) in [4.78, 5) is 5.03. The summed E-state index contributed by atoms with van der Waals surface area (Å²) in [6.07, 6.45) is 5.73. The fourth-order valence-corrected chi connectivity index (χ4v) is 3.24. The minimum Gasteiger partial charge on any atom is -0.306 e. The van der Waals surface area contributed by atoms with Crippen LogP contribution in [0, 0.1) is 5.41 Å². The maximum absolute atomic E-state index is 2.52. The van der Waals surface area contributed by atoms with E-state index in [1.165, 1.54) is 51.9 Å². The maximum atomic E-state index is 2.52. The van der Waals surface area contributed by atoms with Gasteiger partial charge in [-0.3, -0.25) is 0 Å². The van der Waals surface area contributed by atoms with Gasteiger partial charge in [0.25, 0.3) is 0 Å². The van der Waals surface area contributed by atoms with E-state index in [1.54, 1.807) is 0 Å². The topological polar surface area (TPSA) is 6.48 Å². The largest absolute Gasteiger partial charge is 0.306 e. The van der Waals surface area contributed by atoms with Crippen molar-refractivity contribution >= 4 is 0 Å². The van der Waals surface area contributed by atoms with Crippen LogP contribution in [0.2, 0.25) is 0 Å². The van der Waals surface area contributed by atoms with Gasteiger partial charge in [-0.15, -0.1) is 0 Å². The second kappa shape index (κ2) is 3.58. The third-order valence-corrected chi connectivity index (χ3v) is 3.70. The monoisotopic (exact) mass is 182 g/mol. The average molecular weight is 182 g/mol. The standard InChI is InChI=1S/C11H22N2/c1-12-7-3-5-11(9-12)6-4-8-13(2)10-11/h3-10H2,1-2H3. The van der Waals surface area contributed by atoms with Gasteiger partial charge in [-0.2, -0.15) is 0 Å². The highest BCUT2D eigenvalue weighted by molar-refractivity contribution is 4.91. The Labute approximate surface area is 81.9 Å². The van der Waals surface area contributed by atoms with E-state index >= 15 is 0 Å². The molecule has 2 aliphatic heterocycles. The van der Waals surface area contributed by atoms with Gasteiger partial charge in [-0.05, 0) is 58.3 Å². The average Bonchev–Trinajstić information content (AvgIpc) is 2.02. The van der Waals surface area contributed by atoms with Crippen LogP contribution in [0.15, 0.2) is 0 Å². The number of rotatable bonds is 0. The molecule has 2 heteroatoms. The summed E-state index contributed by atoms with van der Waals surface area (Å²) in [5.74, 6) is 0. The molecule has 1 spiro atoms. The molecular formula is C11H22N2. The van der Waals surface area contributed by atoms with Crippen LogP contribution in [0.4, 0.5) is 0 Å². The van der Waals surface area contributed by atoms with Crippen LogP contribution in [0.3, 0.4) is 0 Å². The molecule has 0 aromatic carbocycles. The molecule has 76 valence electrons. The number of piperidine rings is 2. The first-order valence-electron chi connectivity index (χ1n) is 5.57. The van der Waals surface area contributed by atoms with Crippen molar-refractivity contribution in [1.29, 1.82) is 0 Å². The Morgan fingerprint density at radius 1 is 0.846 bits per heavy atom. The molecule has 0 N–H and O–H groups in total. The van der Waals surface area contributed by atoms with Crippen molar-refractivity contribution in [2.75, 3.05) is 40.3 Å². The Bertz CT molecular complexity index is 159. The summed E-state index contributed by atoms with van der Waals surface area (Å²) in [5.41, 5.74) is 0.653. The molecule has 0 aromatic heterocycles. The lowest BCUT2D eigenvalue weighted by atomic mass is 9.74. The molecule has 0 amide bonds. The molecule has 2 aliphatic rings. The fraction of sp³-hybridized carbons (Fsp3) is 1.00. The van der Waals surface area contributed by atoms with Crippen molar-refractivity contribution in [2.45, 2.75) is 25.7 Å². The van der Waals surface area contributed by atoms with Crippen molar-refractivity contribution < 1.29 is 0 Å². The first kappa shape index (κ1) is 9.47. The lowest BCUT2D eigenvalue weighted by Gasteiger charge is -2.47. The SMILES string of the molecule is CN1CCCC2(CCCN(C)C2)C1. The minimum atomic E-state index is 0.653. The van der Waals surface area contributed by atoms with Crippen molar-refractivity contribution in [1.82, 2.24) is 9.80 Å². The van der Waals surface area contributed by atoms with Crippen LogP contribution in [-0.2, 0) is 0 Å². The van der Waals surface area contributed by atoms with Crippen LogP contribution < -0.4 is 0 Å². The van der Waals surface area contributed by atoms with Gasteiger partial charge < -0.3 is 9.80 Å². The van der Waals surface area contributed by atoms with Gasteiger partial charge in [-0.1, -0.05) is 0 Å². The van der Waals surface area contributed by atoms with Crippen molar-refractivity contribution in [3.05, 3.63) is 0 Å². The van der Waals surface area contributed by atoms with Gasteiger partial charge in [0, 0.05) is 13.1 Å². The molecule has 2 saturated heterocycles. The van der Waals surface area contributed by atoms with Gasteiger partial charge in [0.15, 0.2) is 0 Å². The summed E-state index contributed by atoms with van der Waals surface area (Å²) in [6.45, 7) is 5.28. The van der Waals surface area contributed by atoms with E-state index < -0.39 is 0 Å². The van der Waals surface area contributed by atoms with Gasteiger partial charge in [0.1, 0.15) is 0 Å². The molecule has 0 aliphatic carbocycles. The second-order valence-electron chi connectivity index (χ2n) is 5.18. The lowest BCUT2D eigenvalue weighted by molar-refractivity contribution is 0.0337. The predicted octanol–water partition coefficient (Wildman–Crippen LogP) is 1.42. The molecule has 2 rings (SSSR count). The van der Waals surface area contributed by atoms with Gasteiger partial charge in [0.2, 0.25) is 0 Å². The summed E-state index contributed by atoms with van der Waals surface area (Å²) >= 11 is 0. The van der Waals surface area contributed by atoms with Gasteiger partial charge >= 0.3 is 0 Å². The van der Waals surface area contributed by atoms with Crippen LogP contribution in [-0.4, -0.2) is 50.1 Å². The molecule has 13 heavy (non-hydrogen) atoms. The van der Waals surface area contributed by atoms with E-state index in [4.69, 9.17) is 0 Å². The summed E-state index contributed by atoms with van der Waals surface area (Å²) < 4.78 is 0. The van der Waals surface area contributed by atoms with E-state index in [0.717, 1.165) is 0 Å². The third kappa shape index (κ3) is 2.05. The molecule has 0 aromatic rings. The zero-order valence-corrected chi connectivity index (χ0v) is 9.05. The quantitative estimate of drug-likeness (QED) is 0.559. The van der Waals surface area contributed by atoms with E-state index in [-0.39, 0.29) is 0 Å². The molecule has 0 bridgehead atoms. The van der Waals surface area contributed by atoms with Crippen molar-refractivity contribution in [3.8, 4) is 0 Å². The van der Waals surface area contributed by atoms with Crippen molar-refractivity contribution in [3.63, 3.8) is 0 Å². The van der Waals surface area contributed by atoms with E-state index in [0.29, 0.717) is 5.41 Å². The molecule has 2 nitrogen and oxygen atoms in total. The smallest absolute Gasteiger partial charge is 0.00472 e. The highest BCUT2D eigenvalue weighted by atomic mass is 15.2. The zero-order valence-electron chi connectivity index (χ0n) is 9.05. The molecule has 0 radical (unpaired) electrons. The summed E-state index contributed by atoms with van der Waals surface area (Å²) in [6, 6.07) is 0. The predicted molar refractivity (Wildman–Crippen MR) is 55.9 cm³/mol. The molecule has 0 unspecified atom stereocenters. The Morgan fingerprint density at radius 2 is 1.31 bits per heavy atom. The molecule has 2 fully saturated rings. The van der Waals surface area contributed by atoms with Gasteiger partial charge in [-0.25, -0.2) is 0 Å². The van der Waals surface area contributed by atoms with Gasteiger partial charge in [0.05, 0.1) is 0 Å². The van der Waals surface area contributed by atoms with Crippen LogP contribution in [0.5, 0.6) is 0 Å². The first-order chi connectivity index (χ1) is 6.20. The number of hydrogen-bond donors (Lipinski definition) is 0. The summed E-state index contributed by atoms with van der Waals surface area (Å²) in [7, 11) is 4.55. The van der Waals surface area contributed by atoms with E-state index in [2.05, 4.69) is 23.9 Å². The molecule has 0 saturated carbocycles. The Morgan fingerprint density at radius 3 is 1.69 bits per heavy atom. The van der Waals surface area contributed by atoms with Crippen LogP contribution in [0.1, 0.15) is 25.7 Å². The fourth-order valence-electron chi connectivity index (χ4n) is 3.24. The Hall–Kier alpha value is -0.0800. The Kier molecular flexibility index (Phi) is 2.61. The highest BCUT2D eigenvalue weighted by Crippen LogP contribution is 2.37. The maximum Gasteiger partial charge on any atom is 0.00472 e. The number of likely N-dealkylation sites (tertiary alicyclic amines) is 2. The lowest BCUT2D eigenvalue weighted by Crippen LogP contribution is -2.50. The summed E-state index contributed by atoms with van der Waals surface area (Å²) in [5, 5.41) is 0. The van der Waals surface area contributed by atoms with E-state index in [9.17, 15) is 0 Å². The molecule has 0 atom stereocenters. The highest BCUT2D eigenvalue weighted by Gasteiger charge is 2.36. The Balaban J connectivity index is 2.00. The number of nitrogens with zero attached hydrogens (tertiary/aromatic N) is 2. The minimum absolute atomic E-state index is 0.653. The van der Waals surface area contributed by atoms with Crippen LogP contribution in [0.25, 0.3) is 0 Å². The number of hydrogen-bond acceptors (Lipinski definition) is 2. The first-order valence-corrected chi connectivity index (χ1v) is 5.57. The molecule has 2 heterocycles. The normalized spacial score (nSPS) is 30.9. The second-order valence-corrected chi connectivity index (χ2v) is 5.18. The third-order valence-electron chi connectivity index (χ3n) is 3.70. The zero-order chi connectivity index (χ0) is 9.31. The van der Waals surface area contributed by atoms with Crippen molar-refractivity contribution in [2.24, 2.45) is 5.41 Å². The van der Waals surface area contributed by atoms with Crippen LogP contribution >= 0.6 is 0 Å². The van der Waals surface area contributed by atoms with E-state index in [1.807, 2.05) is 0 Å².